The van der Waals surface area contributed by atoms with Crippen LogP contribution in [0.2, 0.25) is 0 Å². The number of amides is 1. The van der Waals surface area contributed by atoms with E-state index >= 15 is 0 Å². The van der Waals surface area contributed by atoms with Gasteiger partial charge in [0.05, 0.1) is 5.69 Å². The third-order valence-corrected chi connectivity index (χ3v) is 3.84. The molecule has 0 saturated heterocycles. The van der Waals surface area contributed by atoms with Crippen LogP contribution in [-0.2, 0) is 13.1 Å². The van der Waals surface area contributed by atoms with Crippen molar-refractivity contribution in [1.82, 2.24) is 10.3 Å². The van der Waals surface area contributed by atoms with E-state index in [1.807, 2.05) is 18.2 Å². The average Bonchev–Trinajstić information content (AvgIpc) is 2.41. The summed E-state index contributed by atoms with van der Waals surface area (Å²) in [5, 5.41) is 3.28. The fraction of sp³-hybridized carbons (Fsp3) is 0.143. The largest absolute Gasteiger partial charge is 0.366 e. The molecule has 104 valence electrons. The second-order valence-electron chi connectivity index (χ2n) is 4.25. The molecule has 0 spiro atoms. The van der Waals surface area contributed by atoms with Crippen molar-refractivity contribution in [2.24, 2.45) is 5.73 Å². The van der Waals surface area contributed by atoms with Gasteiger partial charge in [0.1, 0.15) is 0 Å². The van der Waals surface area contributed by atoms with Gasteiger partial charge < -0.3 is 11.1 Å². The minimum atomic E-state index is -0.413. The highest BCUT2D eigenvalue weighted by molar-refractivity contribution is 9.11. The van der Waals surface area contributed by atoms with E-state index in [1.54, 1.807) is 18.3 Å². The number of rotatable bonds is 5. The number of hydrogen-bond donors (Lipinski definition) is 2. The van der Waals surface area contributed by atoms with Crippen LogP contribution in [0.5, 0.6) is 0 Å². The Hall–Kier alpha value is -1.24. The molecule has 2 rings (SSSR count). The summed E-state index contributed by atoms with van der Waals surface area (Å²) in [5.41, 5.74) is 7.72. The Morgan fingerprint density at radius 3 is 2.75 bits per heavy atom. The summed E-state index contributed by atoms with van der Waals surface area (Å²) in [6.45, 7) is 1.28. The second kappa shape index (κ2) is 6.97. The van der Waals surface area contributed by atoms with Gasteiger partial charge in [0.25, 0.3) is 0 Å². The molecule has 0 bridgehead atoms. The Morgan fingerprint density at radius 2 is 2.05 bits per heavy atom. The first-order chi connectivity index (χ1) is 9.56. The van der Waals surface area contributed by atoms with Crippen LogP contribution in [0.1, 0.15) is 21.6 Å². The maximum absolute atomic E-state index is 11.1. The fourth-order valence-corrected chi connectivity index (χ4v) is 2.86. The molecule has 1 heterocycles. The van der Waals surface area contributed by atoms with Gasteiger partial charge in [-0.05, 0) is 55.6 Å². The van der Waals surface area contributed by atoms with Crippen LogP contribution in [0.15, 0.2) is 45.5 Å². The van der Waals surface area contributed by atoms with Crippen molar-refractivity contribution in [3.05, 3.63) is 62.3 Å². The van der Waals surface area contributed by atoms with Gasteiger partial charge in [-0.15, -0.1) is 0 Å². The van der Waals surface area contributed by atoms with Crippen molar-refractivity contribution in [2.75, 3.05) is 0 Å². The molecule has 0 aliphatic carbocycles. The lowest BCUT2D eigenvalue weighted by Gasteiger charge is -2.07. The summed E-state index contributed by atoms with van der Waals surface area (Å²) in [6, 6.07) is 9.23. The zero-order valence-corrected chi connectivity index (χ0v) is 13.7. The molecule has 1 aromatic carbocycles. The number of hydrogen-bond acceptors (Lipinski definition) is 3. The Labute approximate surface area is 134 Å². The van der Waals surface area contributed by atoms with Crippen LogP contribution >= 0.6 is 31.9 Å². The maximum Gasteiger partial charge on any atom is 0.248 e. The summed E-state index contributed by atoms with van der Waals surface area (Å²) in [7, 11) is 0. The average molecular weight is 399 g/mol. The molecule has 20 heavy (non-hydrogen) atoms. The number of aromatic nitrogens is 1. The van der Waals surface area contributed by atoms with Gasteiger partial charge in [0.15, 0.2) is 0 Å². The molecule has 0 unspecified atom stereocenters. The van der Waals surface area contributed by atoms with E-state index < -0.39 is 5.91 Å². The van der Waals surface area contributed by atoms with Crippen molar-refractivity contribution in [3.63, 3.8) is 0 Å². The molecule has 4 nitrogen and oxygen atoms in total. The quantitative estimate of drug-likeness (QED) is 0.813. The molecule has 1 aromatic heterocycles. The first-order valence-electron chi connectivity index (χ1n) is 5.95. The van der Waals surface area contributed by atoms with Crippen LogP contribution < -0.4 is 11.1 Å². The van der Waals surface area contributed by atoms with Crippen LogP contribution in [0, 0.1) is 0 Å². The molecule has 0 aliphatic rings. The normalized spacial score (nSPS) is 10.5. The summed E-state index contributed by atoms with van der Waals surface area (Å²) in [5.74, 6) is -0.413. The number of primary amides is 1. The molecule has 3 N–H and O–H groups in total. The predicted molar refractivity (Wildman–Crippen MR) is 85.1 cm³/mol. The molecule has 6 heteroatoms. The van der Waals surface area contributed by atoms with Gasteiger partial charge in [-0.25, -0.2) is 0 Å². The van der Waals surface area contributed by atoms with Gasteiger partial charge in [0.2, 0.25) is 5.91 Å². The highest BCUT2D eigenvalue weighted by Gasteiger charge is 2.04. The summed E-state index contributed by atoms with van der Waals surface area (Å²) in [4.78, 5) is 15.4. The molecule has 2 aromatic rings. The third kappa shape index (κ3) is 4.13. The number of benzene rings is 1. The van der Waals surface area contributed by atoms with E-state index in [4.69, 9.17) is 5.73 Å². The van der Waals surface area contributed by atoms with Gasteiger partial charge in [-0.3, -0.25) is 9.78 Å². The van der Waals surface area contributed by atoms with E-state index in [0.717, 1.165) is 20.2 Å². The Kier molecular flexibility index (Phi) is 5.28. The molecule has 0 saturated carbocycles. The lowest BCUT2D eigenvalue weighted by atomic mass is 10.1. The first kappa shape index (κ1) is 15.2. The van der Waals surface area contributed by atoms with Crippen molar-refractivity contribution in [1.29, 1.82) is 0 Å². The standard InChI is InChI=1S/C14H13Br2N3O/c15-11-5-12(16)13(19-7-11)8-18-6-9-2-1-3-10(4-9)14(17)20/h1-5,7,18H,6,8H2,(H2,17,20). The van der Waals surface area contributed by atoms with Crippen molar-refractivity contribution < 1.29 is 4.79 Å². The lowest BCUT2D eigenvalue weighted by Crippen LogP contribution is -2.15. The van der Waals surface area contributed by atoms with E-state index in [-0.39, 0.29) is 0 Å². The number of pyridine rings is 1. The SMILES string of the molecule is NC(=O)c1cccc(CNCc2ncc(Br)cc2Br)c1. The van der Waals surface area contributed by atoms with Crippen LogP contribution in [0.4, 0.5) is 0 Å². The van der Waals surface area contributed by atoms with Crippen LogP contribution in [0.25, 0.3) is 0 Å². The molecular weight excluding hydrogens is 386 g/mol. The van der Waals surface area contributed by atoms with Crippen LogP contribution in [0.3, 0.4) is 0 Å². The molecule has 0 aliphatic heterocycles. The Bertz CT molecular complexity index is 632. The van der Waals surface area contributed by atoms with Gasteiger partial charge >= 0.3 is 0 Å². The second-order valence-corrected chi connectivity index (χ2v) is 6.02. The first-order valence-corrected chi connectivity index (χ1v) is 7.54. The fourth-order valence-electron chi connectivity index (χ4n) is 1.73. The van der Waals surface area contributed by atoms with Crippen molar-refractivity contribution >= 4 is 37.8 Å². The minimum absolute atomic E-state index is 0.413. The summed E-state index contributed by atoms with van der Waals surface area (Å²) < 4.78 is 1.88. The molecular formula is C14H13Br2N3O. The molecule has 0 radical (unpaired) electrons. The number of nitrogens with two attached hydrogens (primary N) is 1. The number of halogens is 2. The van der Waals surface area contributed by atoms with E-state index in [0.29, 0.717) is 18.7 Å². The minimum Gasteiger partial charge on any atom is -0.366 e. The van der Waals surface area contributed by atoms with E-state index in [1.165, 1.54) is 0 Å². The summed E-state index contributed by atoms with van der Waals surface area (Å²) in [6.07, 6.45) is 1.76. The molecule has 0 atom stereocenters. The highest BCUT2D eigenvalue weighted by atomic mass is 79.9. The zero-order chi connectivity index (χ0) is 14.5. The lowest BCUT2D eigenvalue weighted by molar-refractivity contribution is 0.1000. The predicted octanol–water partition coefficient (Wildman–Crippen LogP) is 3.00. The number of nitrogens with zero attached hydrogens (tertiary/aromatic N) is 1. The van der Waals surface area contributed by atoms with Gasteiger partial charge in [-0.2, -0.15) is 0 Å². The van der Waals surface area contributed by atoms with Gasteiger partial charge in [-0.1, -0.05) is 12.1 Å². The highest BCUT2D eigenvalue weighted by Crippen LogP contribution is 2.19. The monoisotopic (exact) mass is 397 g/mol. The zero-order valence-electron chi connectivity index (χ0n) is 10.6. The number of nitrogens with one attached hydrogen (secondary N) is 1. The van der Waals surface area contributed by atoms with Crippen LogP contribution in [-0.4, -0.2) is 10.9 Å². The smallest absolute Gasteiger partial charge is 0.248 e. The molecule has 1 amide bonds. The van der Waals surface area contributed by atoms with E-state index in [9.17, 15) is 4.79 Å². The topological polar surface area (TPSA) is 68.0 Å². The third-order valence-electron chi connectivity index (χ3n) is 2.72. The van der Waals surface area contributed by atoms with Crippen molar-refractivity contribution in [3.8, 4) is 0 Å². The van der Waals surface area contributed by atoms with Crippen molar-refractivity contribution in [2.45, 2.75) is 13.1 Å². The molecule has 0 fully saturated rings. The van der Waals surface area contributed by atoms with E-state index in [2.05, 4.69) is 42.2 Å². The Morgan fingerprint density at radius 1 is 1.25 bits per heavy atom. The summed E-state index contributed by atoms with van der Waals surface area (Å²) >= 11 is 6.84. The maximum atomic E-state index is 11.1. The Balaban J connectivity index is 1.96. The number of carbonyl (C=O) groups excluding carboxylic acids is 1. The van der Waals surface area contributed by atoms with Gasteiger partial charge in [0, 0.05) is 33.8 Å². The number of carbonyl (C=O) groups is 1.